The maximum atomic E-state index is 2.31. The van der Waals surface area contributed by atoms with Gasteiger partial charge in [0, 0.05) is 20.3 Å². The lowest BCUT2D eigenvalue weighted by atomic mass is 9.91. The Hall–Kier alpha value is -1.86. The van der Waals surface area contributed by atoms with Gasteiger partial charge in [0.05, 0.1) is 0 Å². The molecule has 0 aliphatic carbocycles. The molecule has 0 amide bonds. The molecule has 23 heavy (non-hydrogen) atoms. The van der Waals surface area contributed by atoms with Gasteiger partial charge < -0.3 is 0 Å². The monoisotopic (exact) mass is 318 g/mol. The van der Waals surface area contributed by atoms with E-state index in [1.807, 2.05) is 11.3 Å². The number of benzene rings is 3. The van der Waals surface area contributed by atoms with Crippen molar-refractivity contribution in [2.75, 3.05) is 0 Å². The van der Waals surface area contributed by atoms with Crippen molar-refractivity contribution in [2.24, 2.45) is 0 Å². The number of thiophene rings is 1. The lowest BCUT2D eigenvalue weighted by molar-refractivity contribution is 0.898. The standard InChI is InChI=1S/C22H22S/c1-12(2)18-15-10-7-11-17-20(15)21(22(23-17)13(3)4)16-9-6-8-14(5)19(16)18/h6-11,13H,1-5H3. The fraction of sp³-hybridized carbons (Fsp3) is 0.273. The van der Waals surface area contributed by atoms with E-state index in [-0.39, 0.29) is 0 Å². The van der Waals surface area contributed by atoms with E-state index in [1.165, 1.54) is 52.9 Å². The predicted octanol–water partition coefficient (Wildman–Crippen LogP) is 6.55. The molecular formula is C22H22S. The van der Waals surface area contributed by atoms with Gasteiger partial charge in [0.15, 0.2) is 0 Å². The van der Waals surface area contributed by atoms with Crippen molar-refractivity contribution >= 4 is 48.5 Å². The van der Waals surface area contributed by atoms with Crippen molar-refractivity contribution < 1.29 is 0 Å². The average molecular weight is 318 g/mol. The normalized spacial score (nSPS) is 12.1. The summed E-state index contributed by atoms with van der Waals surface area (Å²) < 4.78 is 1.42. The summed E-state index contributed by atoms with van der Waals surface area (Å²) in [5.41, 5.74) is 2.78. The van der Waals surface area contributed by atoms with Crippen molar-refractivity contribution in [3.05, 3.63) is 52.1 Å². The van der Waals surface area contributed by atoms with Crippen LogP contribution in [0.2, 0.25) is 0 Å². The Morgan fingerprint density at radius 2 is 1.57 bits per heavy atom. The second kappa shape index (κ2) is 5.07. The van der Waals surface area contributed by atoms with E-state index in [1.54, 1.807) is 0 Å². The molecule has 1 heterocycles. The Morgan fingerprint density at radius 1 is 0.870 bits per heavy atom. The first-order chi connectivity index (χ1) is 11.0. The second-order valence-electron chi connectivity index (χ2n) is 7.05. The average Bonchev–Trinajstić information content (AvgIpc) is 2.90. The molecule has 0 nitrogen and oxygen atoms in total. The minimum absolute atomic E-state index is 0.553. The number of hydrogen-bond donors (Lipinski definition) is 0. The Kier molecular flexibility index (Phi) is 3.24. The molecule has 0 fully saturated rings. The van der Waals surface area contributed by atoms with Crippen LogP contribution in [0.5, 0.6) is 0 Å². The highest BCUT2D eigenvalue weighted by Gasteiger charge is 2.18. The summed E-state index contributed by atoms with van der Waals surface area (Å²) >= 11 is 1.97. The van der Waals surface area contributed by atoms with Gasteiger partial charge in [0.2, 0.25) is 0 Å². The predicted molar refractivity (Wildman–Crippen MR) is 106 cm³/mol. The van der Waals surface area contributed by atoms with Crippen LogP contribution in [0.1, 0.15) is 44.1 Å². The zero-order chi connectivity index (χ0) is 16.3. The van der Waals surface area contributed by atoms with Crippen molar-refractivity contribution in [1.82, 2.24) is 0 Å². The van der Waals surface area contributed by atoms with Crippen LogP contribution in [-0.2, 0) is 0 Å². The van der Waals surface area contributed by atoms with Crippen molar-refractivity contribution in [3.63, 3.8) is 0 Å². The molecule has 0 bridgehead atoms. The number of hydrogen-bond acceptors (Lipinski definition) is 1. The van der Waals surface area contributed by atoms with Gasteiger partial charge in [0.25, 0.3) is 0 Å². The highest BCUT2D eigenvalue weighted by Crippen LogP contribution is 2.42. The molecule has 0 radical (unpaired) electrons. The summed E-state index contributed by atoms with van der Waals surface area (Å²) in [4.78, 5) is 1.52. The fourth-order valence-electron chi connectivity index (χ4n) is 3.91. The van der Waals surface area contributed by atoms with Gasteiger partial charge in [0.1, 0.15) is 0 Å². The van der Waals surface area contributed by atoms with Crippen LogP contribution in [0.3, 0.4) is 0 Å². The Bertz CT molecular complexity index is 1110. The van der Waals surface area contributed by atoms with Gasteiger partial charge >= 0.3 is 0 Å². The van der Waals surface area contributed by atoms with Gasteiger partial charge in [-0.15, -0.1) is 11.3 Å². The molecule has 4 rings (SSSR count). The number of aryl methyl sites for hydroxylation is 1. The van der Waals surface area contributed by atoms with E-state index in [0.717, 1.165) is 0 Å². The molecule has 0 unspecified atom stereocenters. The molecule has 0 spiro atoms. The molecule has 4 aromatic rings. The van der Waals surface area contributed by atoms with Gasteiger partial charge in [-0.2, -0.15) is 0 Å². The molecule has 116 valence electrons. The molecule has 3 aromatic carbocycles. The first kappa shape index (κ1) is 14.7. The van der Waals surface area contributed by atoms with E-state index >= 15 is 0 Å². The lowest BCUT2D eigenvalue weighted by Crippen LogP contribution is -2.09. The zero-order valence-corrected chi connectivity index (χ0v) is 15.3. The van der Waals surface area contributed by atoms with Crippen molar-refractivity contribution in [2.45, 2.75) is 40.5 Å². The quantitative estimate of drug-likeness (QED) is 0.349. The van der Waals surface area contributed by atoms with Gasteiger partial charge in [-0.3, -0.25) is 0 Å². The lowest BCUT2D eigenvalue weighted by Gasteiger charge is -2.12. The van der Waals surface area contributed by atoms with Gasteiger partial charge in [-0.05, 0) is 59.7 Å². The summed E-state index contributed by atoms with van der Waals surface area (Å²) in [5, 5.41) is 8.67. The van der Waals surface area contributed by atoms with Crippen LogP contribution in [0.4, 0.5) is 0 Å². The SMILES string of the molecule is CC(C)=c1c2cccc3sc(C(C)C)c(c4cccc(C)c14)c32. The molecule has 0 aliphatic heterocycles. The molecule has 0 atom stereocenters. The topological polar surface area (TPSA) is 0 Å². The Balaban J connectivity index is 2.50. The highest BCUT2D eigenvalue weighted by molar-refractivity contribution is 7.20. The maximum Gasteiger partial charge on any atom is 0.0358 e. The third-order valence-corrected chi connectivity index (χ3v) is 6.28. The molecule has 1 aromatic heterocycles. The van der Waals surface area contributed by atoms with Crippen LogP contribution < -0.4 is 5.22 Å². The summed E-state index contributed by atoms with van der Waals surface area (Å²) in [6.45, 7) is 11.4. The minimum Gasteiger partial charge on any atom is -0.139 e. The highest BCUT2D eigenvalue weighted by atomic mass is 32.1. The summed E-state index contributed by atoms with van der Waals surface area (Å²) in [5.74, 6) is 0.553. The maximum absolute atomic E-state index is 2.31. The molecule has 0 N–H and O–H groups in total. The van der Waals surface area contributed by atoms with E-state index in [9.17, 15) is 0 Å². The molecule has 0 aliphatic rings. The first-order valence-corrected chi connectivity index (χ1v) is 9.16. The summed E-state index contributed by atoms with van der Waals surface area (Å²) in [6.07, 6.45) is 0. The van der Waals surface area contributed by atoms with E-state index in [4.69, 9.17) is 0 Å². The third kappa shape index (κ3) is 1.96. The molecule has 0 saturated carbocycles. The van der Waals surface area contributed by atoms with E-state index in [0.29, 0.717) is 5.92 Å². The van der Waals surface area contributed by atoms with Crippen molar-refractivity contribution in [3.8, 4) is 0 Å². The molecule has 0 saturated heterocycles. The van der Waals surface area contributed by atoms with Crippen LogP contribution in [0.15, 0.2) is 36.4 Å². The number of fused-ring (bicyclic) bond motifs is 2. The van der Waals surface area contributed by atoms with Crippen LogP contribution >= 0.6 is 11.3 Å². The largest absolute Gasteiger partial charge is 0.139 e. The minimum atomic E-state index is 0.553. The summed E-state index contributed by atoms with van der Waals surface area (Å²) in [6, 6.07) is 13.6. The fourth-order valence-corrected chi connectivity index (χ4v) is 5.16. The Labute approximate surface area is 141 Å². The number of rotatable bonds is 1. The van der Waals surface area contributed by atoms with Gasteiger partial charge in [-0.1, -0.05) is 49.8 Å². The van der Waals surface area contributed by atoms with Gasteiger partial charge in [-0.25, -0.2) is 0 Å². The smallest absolute Gasteiger partial charge is 0.0358 e. The first-order valence-electron chi connectivity index (χ1n) is 8.34. The van der Waals surface area contributed by atoms with Crippen LogP contribution in [-0.4, -0.2) is 0 Å². The van der Waals surface area contributed by atoms with Crippen LogP contribution in [0.25, 0.3) is 37.2 Å². The molecule has 1 heteroatoms. The van der Waals surface area contributed by atoms with Crippen molar-refractivity contribution in [1.29, 1.82) is 0 Å². The summed E-state index contributed by atoms with van der Waals surface area (Å²) in [7, 11) is 0. The van der Waals surface area contributed by atoms with E-state index in [2.05, 4.69) is 71.0 Å². The third-order valence-electron chi connectivity index (χ3n) is 4.83. The van der Waals surface area contributed by atoms with Crippen LogP contribution in [0, 0.1) is 6.92 Å². The molecular weight excluding hydrogens is 296 g/mol. The van der Waals surface area contributed by atoms with E-state index < -0.39 is 0 Å². The Morgan fingerprint density at radius 3 is 2.26 bits per heavy atom. The second-order valence-corrected chi connectivity index (χ2v) is 8.13. The zero-order valence-electron chi connectivity index (χ0n) is 14.4.